The average molecular weight is 830 g/mol. The van der Waals surface area contributed by atoms with Gasteiger partial charge >= 0.3 is 0 Å². The van der Waals surface area contributed by atoms with Crippen molar-refractivity contribution in [3.63, 3.8) is 0 Å². The molecule has 1 aromatic heterocycles. The maximum atomic E-state index is 16.2. The Labute approximate surface area is 348 Å². The van der Waals surface area contributed by atoms with Crippen LogP contribution in [0.5, 0.6) is 0 Å². The number of aromatic nitrogens is 1. The van der Waals surface area contributed by atoms with E-state index in [0.29, 0.717) is 48.5 Å². The van der Waals surface area contributed by atoms with Crippen LogP contribution in [0.3, 0.4) is 0 Å². The lowest BCUT2D eigenvalue weighted by molar-refractivity contribution is -0.125. The molecule has 2 fully saturated rings. The Balaban J connectivity index is 0.875. The smallest absolute Gasteiger partial charge is 0.254 e. The van der Waals surface area contributed by atoms with Crippen molar-refractivity contribution in [3.8, 4) is 0 Å². The number of aldehydes is 1. The fraction of sp³-hybridized carbons (Fsp3) is 0.500. The van der Waals surface area contributed by atoms with Crippen molar-refractivity contribution in [1.29, 1.82) is 0 Å². The first-order valence-electron chi connectivity index (χ1n) is 21.3. The van der Waals surface area contributed by atoms with Crippen LogP contribution in [0, 0.1) is 18.6 Å². The number of piperidine rings is 2. The molecule has 8 rings (SSSR count). The van der Waals surface area contributed by atoms with E-state index in [0.717, 1.165) is 85.7 Å². The monoisotopic (exact) mass is 829 g/mol. The summed E-state index contributed by atoms with van der Waals surface area (Å²) in [5.74, 6) is -1.97. The summed E-state index contributed by atoms with van der Waals surface area (Å²) in [6.45, 7) is 6.45. The molecule has 2 saturated heterocycles. The molecule has 1 unspecified atom stereocenters. The molecule has 0 bridgehead atoms. The molecule has 3 aromatic carbocycles. The molecule has 2 N–H and O–H groups in total. The van der Waals surface area contributed by atoms with E-state index in [-0.39, 0.29) is 36.8 Å². The molecule has 4 aliphatic rings. The van der Waals surface area contributed by atoms with E-state index in [4.69, 9.17) is 0 Å². The Hall–Kier alpha value is -4.79. The lowest BCUT2D eigenvalue weighted by atomic mass is 9.91. The van der Waals surface area contributed by atoms with Gasteiger partial charge < -0.3 is 29.8 Å². The van der Waals surface area contributed by atoms with Crippen LogP contribution in [0.25, 0.3) is 10.9 Å². The minimum absolute atomic E-state index is 0.188. The molecule has 60 heavy (non-hydrogen) atoms. The van der Waals surface area contributed by atoms with Crippen LogP contribution in [0.1, 0.15) is 88.4 Å². The largest absolute Gasteiger partial charge is 0.371 e. The van der Waals surface area contributed by atoms with Crippen molar-refractivity contribution in [3.05, 3.63) is 99.2 Å². The number of nitrogens with one attached hydrogen (secondary N) is 2. The van der Waals surface area contributed by atoms with Crippen molar-refractivity contribution in [2.75, 3.05) is 58.3 Å². The molecule has 5 heterocycles. The molecule has 0 radical (unpaired) electrons. The number of amides is 2. The van der Waals surface area contributed by atoms with Crippen molar-refractivity contribution in [1.82, 2.24) is 29.9 Å². The molecule has 0 saturated carbocycles. The van der Waals surface area contributed by atoms with Crippen LogP contribution in [-0.2, 0) is 29.1 Å². The third-order valence-corrected chi connectivity index (χ3v) is 13.6. The number of hydrogen-bond donors (Lipinski definition) is 2. The van der Waals surface area contributed by atoms with Crippen LogP contribution in [0.4, 0.5) is 23.2 Å². The molecule has 320 valence electrons. The summed E-state index contributed by atoms with van der Waals surface area (Å²) in [4.78, 5) is 50.6. The summed E-state index contributed by atoms with van der Waals surface area (Å²) in [5, 5.41) is 3.56. The van der Waals surface area contributed by atoms with E-state index < -0.39 is 36.7 Å². The lowest BCUT2D eigenvalue weighted by Gasteiger charge is -2.44. The van der Waals surface area contributed by atoms with Gasteiger partial charge in [0.15, 0.2) is 0 Å². The van der Waals surface area contributed by atoms with Gasteiger partial charge in [0.2, 0.25) is 5.91 Å². The number of para-hydroxylation sites is 1. The van der Waals surface area contributed by atoms with Crippen molar-refractivity contribution in [2.24, 2.45) is 0 Å². The van der Waals surface area contributed by atoms with Crippen LogP contribution in [-0.4, -0.2) is 121 Å². The van der Waals surface area contributed by atoms with Gasteiger partial charge in [0, 0.05) is 98.7 Å². The fourth-order valence-corrected chi connectivity index (χ4v) is 10.4. The van der Waals surface area contributed by atoms with Crippen molar-refractivity contribution < 1.29 is 31.9 Å². The van der Waals surface area contributed by atoms with E-state index in [1.165, 1.54) is 34.5 Å². The molecular weight excluding hydrogens is 775 g/mol. The molecule has 4 aliphatic heterocycles. The minimum atomic E-state index is -2.64. The minimum Gasteiger partial charge on any atom is -0.371 e. The standard InChI is InChI=1S/C46H55F4N7O3/c1-28-21-29-25-57(26-30(29)22-36(28)46(60)53(3)40(9-6-20-58)45(59)51-2)32-12-15-54(16-13-32)31-10-17-55(18-11-31)33-23-37(47)42(38(48)24-33)44-43-35(14-19-56(44)27-41(49)50)34-7-4-5-8-39(34)52-43/h4-5,7-8,20-24,31-32,40-41,44,52H,6,9-19,25-27H2,1-3H3,(H,51,59)/t40?,44-/m1/s1. The molecule has 10 nitrogen and oxygen atoms in total. The molecule has 2 amide bonds. The van der Waals surface area contributed by atoms with Crippen LogP contribution >= 0.6 is 0 Å². The van der Waals surface area contributed by atoms with Gasteiger partial charge in [-0.15, -0.1) is 0 Å². The number of rotatable bonds is 12. The van der Waals surface area contributed by atoms with Gasteiger partial charge in [-0.2, -0.15) is 0 Å². The Kier molecular flexibility index (Phi) is 12.3. The zero-order chi connectivity index (χ0) is 42.2. The zero-order valence-electron chi connectivity index (χ0n) is 34.7. The Bertz CT molecular complexity index is 2210. The highest BCUT2D eigenvalue weighted by atomic mass is 19.3. The Morgan fingerprint density at radius 1 is 0.917 bits per heavy atom. The van der Waals surface area contributed by atoms with Gasteiger partial charge in [-0.25, -0.2) is 17.6 Å². The Morgan fingerprint density at radius 2 is 1.57 bits per heavy atom. The molecule has 14 heteroatoms. The number of halogens is 4. The van der Waals surface area contributed by atoms with E-state index in [2.05, 4.69) is 26.2 Å². The Morgan fingerprint density at radius 3 is 2.23 bits per heavy atom. The summed E-state index contributed by atoms with van der Waals surface area (Å²) in [5.41, 5.74) is 6.39. The number of fused-ring (bicyclic) bond motifs is 4. The fourth-order valence-electron chi connectivity index (χ4n) is 10.4. The first kappa shape index (κ1) is 41.9. The summed E-state index contributed by atoms with van der Waals surface area (Å²) < 4.78 is 59.9. The number of H-pyrrole nitrogens is 1. The topological polar surface area (TPSA) is 95.2 Å². The van der Waals surface area contributed by atoms with Gasteiger partial charge in [-0.3, -0.25) is 19.4 Å². The SMILES string of the molecule is CNC(=O)C(CCC=O)N(C)C(=O)c1cc2c(cc1C)CN(C1CCN(C3CCN(c4cc(F)c([C@@H]5c6[nH]c7ccccc7c6CCN5CC(F)F)c(F)c4)CC3)CC1)C2. The van der Waals surface area contributed by atoms with Crippen molar-refractivity contribution in [2.45, 2.75) is 95.6 Å². The van der Waals surface area contributed by atoms with Gasteiger partial charge in [0.1, 0.15) is 24.0 Å². The number of likely N-dealkylation sites (tertiary alicyclic amines) is 1. The maximum absolute atomic E-state index is 16.2. The molecule has 2 atom stereocenters. The summed E-state index contributed by atoms with van der Waals surface area (Å²) in [7, 11) is 3.15. The van der Waals surface area contributed by atoms with Crippen LogP contribution in [0.2, 0.25) is 0 Å². The number of nitrogens with zero attached hydrogens (tertiary/aromatic N) is 5. The van der Waals surface area contributed by atoms with Crippen molar-refractivity contribution >= 4 is 34.7 Å². The molecule has 0 spiro atoms. The van der Waals surface area contributed by atoms with Gasteiger partial charge in [-0.05, 0) is 105 Å². The first-order valence-corrected chi connectivity index (χ1v) is 21.3. The number of benzene rings is 3. The highest BCUT2D eigenvalue weighted by Gasteiger charge is 2.38. The quantitative estimate of drug-likeness (QED) is 0.123. The summed E-state index contributed by atoms with van der Waals surface area (Å²) in [6, 6.07) is 13.5. The third kappa shape index (κ3) is 8.17. The summed E-state index contributed by atoms with van der Waals surface area (Å²) in [6.07, 6.45) is 2.86. The van der Waals surface area contributed by atoms with Crippen LogP contribution in [0.15, 0.2) is 48.5 Å². The third-order valence-electron chi connectivity index (χ3n) is 13.6. The van der Waals surface area contributed by atoms with Crippen LogP contribution < -0.4 is 10.2 Å². The molecule has 4 aromatic rings. The lowest BCUT2D eigenvalue weighted by Crippen LogP contribution is -2.50. The molecular formula is C46H55F4N7O3. The highest BCUT2D eigenvalue weighted by Crippen LogP contribution is 2.42. The van der Waals surface area contributed by atoms with Gasteiger partial charge in [0.25, 0.3) is 12.3 Å². The number of aromatic amines is 1. The van der Waals surface area contributed by atoms with E-state index in [1.807, 2.05) is 42.2 Å². The number of anilines is 1. The second kappa shape index (κ2) is 17.7. The number of hydrogen-bond acceptors (Lipinski definition) is 7. The number of carbonyl (C=O) groups is 3. The number of alkyl halides is 2. The van der Waals surface area contributed by atoms with Gasteiger partial charge in [-0.1, -0.05) is 24.3 Å². The second-order valence-electron chi connectivity index (χ2n) is 17.0. The molecule has 0 aliphatic carbocycles. The second-order valence-corrected chi connectivity index (χ2v) is 17.0. The first-order chi connectivity index (χ1) is 28.9. The average Bonchev–Trinajstić information content (AvgIpc) is 3.84. The van der Waals surface area contributed by atoms with E-state index >= 15 is 8.78 Å². The summed E-state index contributed by atoms with van der Waals surface area (Å²) >= 11 is 0. The predicted octanol–water partition coefficient (Wildman–Crippen LogP) is 6.58. The van der Waals surface area contributed by atoms with Gasteiger partial charge in [0.05, 0.1) is 12.6 Å². The zero-order valence-corrected chi connectivity index (χ0v) is 34.7. The van der Waals surface area contributed by atoms with E-state index in [1.54, 1.807) is 7.05 Å². The highest BCUT2D eigenvalue weighted by molar-refractivity contribution is 5.99. The number of carbonyl (C=O) groups excluding carboxylic acids is 3. The van der Waals surface area contributed by atoms with E-state index in [9.17, 15) is 23.2 Å². The normalized spacial score (nSPS) is 20.1. The number of aryl methyl sites for hydroxylation is 1. The number of likely N-dealkylation sites (N-methyl/N-ethyl adjacent to an activating group) is 2. The predicted molar refractivity (Wildman–Crippen MR) is 223 cm³/mol. The maximum Gasteiger partial charge on any atom is 0.254 e.